The van der Waals surface area contributed by atoms with Gasteiger partial charge in [0.1, 0.15) is 0 Å². The molecule has 0 aromatic rings. The zero-order valence-electron chi connectivity index (χ0n) is 11.9. The highest BCUT2D eigenvalue weighted by Gasteiger charge is 2.27. The van der Waals surface area contributed by atoms with E-state index < -0.39 is 0 Å². The molecule has 100 valence electrons. The molecule has 0 aromatic carbocycles. The van der Waals surface area contributed by atoms with Crippen molar-refractivity contribution < 1.29 is 4.79 Å². The van der Waals surface area contributed by atoms with Gasteiger partial charge >= 0.3 is 6.03 Å². The Balaban J connectivity index is 2.60. The van der Waals surface area contributed by atoms with E-state index in [9.17, 15) is 4.79 Å². The topological polar surface area (TPSA) is 23.6 Å². The summed E-state index contributed by atoms with van der Waals surface area (Å²) in [5.74, 6) is 0.665. The zero-order chi connectivity index (χ0) is 12.8. The number of hydrogen-bond acceptors (Lipinski definition) is 1. The van der Waals surface area contributed by atoms with E-state index in [2.05, 4.69) is 18.7 Å². The van der Waals surface area contributed by atoms with Crippen molar-refractivity contribution >= 4 is 6.03 Å². The summed E-state index contributed by atoms with van der Waals surface area (Å²) in [7, 11) is 1.90. The SMILES string of the molecule is CCN(C)C(=O)N(CCC(C)C)C1CCCC1. The Morgan fingerprint density at radius 2 is 1.88 bits per heavy atom. The summed E-state index contributed by atoms with van der Waals surface area (Å²) >= 11 is 0. The molecule has 0 bridgehead atoms. The third-order valence-electron chi connectivity index (χ3n) is 3.76. The highest BCUT2D eigenvalue weighted by Crippen LogP contribution is 2.25. The van der Waals surface area contributed by atoms with Crippen molar-refractivity contribution in [2.24, 2.45) is 5.92 Å². The fraction of sp³-hybridized carbons (Fsp3) is 0.929. The Labute approximate surface area is 106 Å². The number of hydrogen-bond donors (Lipinski definition) is 0. The van der Waals surface area contributed by atoms with Crippen molar-refractivity contribution in [3.05, 3.63) is 0 Å². The van der Waals surface area contributed by atoms with Crippen molar-refractivity contribution in [3.63, 3.8) is 0 Å². The van der Waals surface area contributed by atoms with Crippen molar-refractivity contribution in [2.75, 3.05) is 20.1 Å². The fourth-order valence-corrected chi connectivity index (χ4v) is 2.40. The van der Waals surface area contributed by atoms with Gasteiger partial charge in [0.05, 0.1) is 0 Å². The number of urea groups is 1. The van der Waals surface area contributed by atoms with Crippen LogP contribution in [0.25, 0.3) is 0 Å². The first-order chi connectivity index (χ1) is 8.06. The lowest BCUT2D eigenvalue weighted by Crippen LogP contribution is -2.46. The minimum absolute atomic E-state index is 0.222. The minimum atomic E-state index is 0.222. The molecule has 0 spiro atoms. The number of carbonyl (C=O) groups is 1. The average molecular weight is 240 g/mol. The predicted molar refractivity (Wildman–Crippen MR) is 72.1 cm³/mol. The molecule has 3 nitrogen and oxygen atoms in total. The largest absolute Gasteiger partial charge is 0.328 e. The van der Waals surface area contributed by atoms with Crippen LogP contribution in [0.2, 0.25) is 0 Å². The van der Waals surface area contributed by atoms with Gasteiger partial charge in [-0.05, 0) is 32.1 Å². The smallest absolute Gasteiger partial charge is 0.319 e. The molecule has 0 N–H and O–H groups in total. The van der Waals surface area contributed by atoms with Crippen molar-refractivity contribution in [3.8, 4) is 0 Å². The highest BCUT2D eigenvalue weighted by atomic mass is 16.2. The van der Waals surface area contributed by atoms with E-state index in [1.807, 2.05) is 18.9 Å². The van der Waals surface area contributed by atoms with E-state index in [1.54, 1.807) is 0 Å². The van der Waals surface area contributed by atoms with Gasteiger partial charge in [-0.25, -0.2) is 4.79 Å². The van der Waals surface area contributed by atoms with Crippen LogP contribution in [-0.4, -0.2) is 42.0 Å². The summed E-state index contributed by atoms with van der Waals surface area (Å²) in [6.07, 6.45) is 6.07. The first-order valence-electron chi connectivity index (χ1n) is 7.08. The molecule has 0 atom stereocenters. The number of amides is 2. The van der Waals surface area contributed by atoms with Gasteiger partial charge in [0.2, 0.25) is 0 Å². The Bertz CT molecular complexity index is 234. The third kappa shape index (κ3) is 4.21. The molecule has 0 unspecified atom stereocenters. The summed E-state index contributed by atoms with van der Waals surface area (Å²) < 4.78 is 0. The Morgan fingerprint density at radius 3 is 2.35 bits per heavy atom. The van der Waals surface area contributed by atoms with Gasteiger partial charge in [0.25, 0.3) is 0 Å². The molecule has 2 amide bonds. The quantitative estimate of drug-likeness (QED) is 0.723. The van der Waals surface area contributed by atoms with E-state index in [4.69, 9.17) is 0 Å². The van der Waals surface area contributed by atoms with E-state index in [-0.39, 0.29) is 6.03 Å². The maximum Gasteiger partial charge on any atom is 0.319 e. The van der Waals surface area contributed by atoms with Crippen LogP contribution in [0.4, 0.5) is 4.79 Å². The second kappa shape index (κ2) is 6.87. The minimum Gasteiger partial charge on any atom is -0.328 e. The lowest BCUT2D eigenvalue weighted by atomic mass is 10.1. The van der Waals surface area contributed by atoms with Gasteiger partial charge in [0, 0.05) is 26.2 Å². The van der Waals surface area contributed by atoms with E-state index >= 15 is 0 Å². The number of rotatable bonds is 5. The summed E-state index contributed by atoms with van der Waals surface area (Å²) in [5, 5.41) is 0. The lowest BCUT2D eigenvalue weighted by molar-refractivity contribution is 0.141. The summed E-state index contributed by atoms with van der Waals surface area (Å²) in [6.45, 7) is 8.20. The molecule has 1 aliphatic carbocycles. The van der Waals surface area contributed by atoms with Crippen LogP contribution in [-0.2, 0) is 0 Å². The highest BCUT2D eigenvalue weighted by molar-refractivity contribution is 5.74. The summed E-state index contributed by atoms with van der Waals surface area (Å²) in [4.78, 5) is 16.3. The molecule has 1 rings (SSSR count). The predicted octanol–water partition coefficient (Wildman–Crippen LogP) is 3.35. The maximum absolute atomic E-state index is 12.3. The zero-order valence-corrected chi connectivity index (χ0v) is 11.9. The molecule has 1 saturated carbocycles. The molecule has 17 heavy (non-hydrogen) atoms. The second-order valence-corrected chi connectivity index (χ2v) is 5.61. The van der Waals surface area contributed by atoms with Crippen LogP contribution < -0.4 is 0 Å². The summed E-state index contributed by atoms with van der Waals surface area (Å²) in [6, 6.07) is 0.718. The van der Waals surface area contributed by atoms with Gasteiger partial charge in [-0.3, -0.25) is 0 Å². The molecular weight excluding hydrogens is 212 g/mol. The van der Waals surface area contributed by atoms with Crippen molar-refractivity contribution in [1.29, 1.82) is 0 Å². The van der Waals surface area contributed by atoms with Gasteiger partial charge in [0.15, 0.2) is 0 Å². The molecule has 1 fully saturated rings. The van der Waals surface area contributed by atoms with Gasteiger partial charge in [-0.15, -0.1) is 0 Å². The standard InChI is InChI=1S/C14H28N2O/c1-5-15(4)14(17)16(11-10-12(2)3)13-8-6-7-9-13/h12-13H,5-11H2,1-4H3. The van der Waals surface area contributed by atoms with Crippen molar-refractivity contribution in [1.82, 2.24) is 9.80 Å². The molecule has 0 heterocycles. The fourth-order valence-electron chi connectivity index (χ4n) is 2.40. The van der Waals surface area contributed by atoms with Gasteiger partial charge in [-0.2, -0.15) is 0 Å². The molecule has 0 radical (unpaired) electrons. The lowest BCUT2D eigenvalue weighted by Gasteiger charge is -2.33. The van der Waals surface area contributed by atoms with Gasteiger partial charge < -0.3 is 9.80 Å². The van der Waals surface area contributed by atoms with Crippen LogP contribution in [0.5, 0.6) is 0 Å². The third-order valence-corrected chi connectivity index (χ3v) is 3.76. The first-order valence-corrected chi connectivity index (χ1v) is 7.08. The average Bonchev–Trinajstić information content (AvgIpc) is 2.81. The van der Waals surface area contributed by atoms with Crippen LogP contribution >= 0.6 is 0 Å². The van der Waals surface area contributed by atoms with Crippen molar-refractivity contribution in [2.45, 2.75) is 58.9 Å². The van der Waals surface area contributed by atoms with E-state index in [0.29, 0.717) is 12.0 Å². The van der Waals surface area contributed by atoms with Crippen LogP contribution in [0.15, 0.2) is 0 Å². The Hall–Kier alpha value is -0.730. The normalized spacial score (nSPS) is 16.5. The number of nitrogens with zero attached hydrogens (tertiary/aromatic N) is 2. The molecule has 0 aromatic heterocycles. The van der Waals surface area contributed by atoms with Gasteiger partial charge in [-0.1, -0.05) is 26.7 Å². The van der Waals surface area contributed by atoms with Crippen LogP contribution in [0, 0.1) is 5.92 Å². The monoisotopic (exact) mass is 240 g/mol. The number of carbonyl (C=O) groups excluding carboxylic acids is 1. The Kier molecular flexibility index (Phi) is 5.79. The van der Waals surface area contributed by atoms with Crippen LogP contribution in [0.3, 0.4) is 0 Å². The van der Waals surface area contributed by atoms with E-state index in [1.165, 1.54) is 25.7 Å². The molecule has 0 saturated heterocycles. The molecule has 3 heteroatoms. The first kappa shape index (κ1) is 14.3. The Morgan fingerprint density at radius 1 is 1.29 bits per heavy atom. The second-order valence-electron chi connectivity index (χ2n) is 5.61. The van der Waals surface area contributed by atoms with E-state index in [0.717, 1.165) is 19.5 Å². The van der Waals surface area contributed by atoms with Crippen LogP contribution in [0.1, 0.15) is 52.9 Å². The molecule has 0 aliphatic heterocycles. The molecule has 1 aliphatic rings. The molecular formula is C14H28N2O. The maximum atomic E-state index is 12.3. The summed E-state index contributed by atoms with van der Waals surface area (Å²) in [5.41, 5.74) is 0.